The Labute approximate surface area is 119 Å². The molecular formula is C16H23FN2O. The van der Waals surface area contributed by atoms with Crippen LogP contribution >= 0.6 is 0 Å². The molecule has 0 heterocycles. The highest BCUT2D eigenvalue weighted by Gasteiger charge is 2.33. The van der Waals surface area contributed by atoms with Gasteiger partial charge in [0.05, 0.1) is 5.69 Å². The number of hydrogen-bond acceptors (Lipinski definition) is 2. The van der Waals surface area contributed by atoms with Gasteiger partial charge < -0.3 is 11.1 Å². The number of rotatable bonds is 4. The summed E-state index contributed by atoms with van der Waals surface area (Å²) in [6, 6.07) is 4.72. The van der Waals surface area contributed by atoms with Gasteiger partial charge in [0.25, 0.3) is 0 Å². The van der Waals surface area contributed by atoms with Crippen molar-refractivity contribution < 1.29 is 9.18 Å². The van der Waals surface area contributed by atoms with Crippen LogP contribution < -0.4 is 11.1 Å². The van der Waals surface area contributed by atoms with Crippen LogP contribution in [0, 0.1) is 18.2 Å². The van der Waals surface area contributed by atoms with Crippen molar-refractivity contribution in [1.29, 1.82) is 0 Å². The number of hydrogen-bond donors (Lipinski definition) is 2. The van der Waals surface area contributed by atoms with E-state index < -0.39 is 5.82 Å². The lowest BCUT2D eigenvalue weighted by molar-refractivity contribution is -0.118. The summed E-state index contributed by atoms with van der Waals surface area (Å²) in [7, 11) is 0. The van der Waals surface area contributed by atoms with Gasteiger partial charge >= 0.3 is 0 Å². The van der Waals surface area contributed by atoms with Crippen molar-refractivity contribution in [3.05, 3.63) is 29.6 Å². The molecule has 110 valence electrons. The first kappa shape index (κ1) is 15.0. The van der Waals surface area contributed by atoms with Gasteiger partial charge in [0, 0.05) is 6.42 Å². The summed E-state index contributed by atoms with van der Waals surface area (Å²) in [4.78, 5) is 12.2. The van der Waals surface area contributed by atoms with Gasteiger partial charge in [-0.15, -0.1) is 0 Å². The van der Waals surface area contributed by atoms with Crippen LogP contribution in [0.3, 0.4) is 0 Å². The lowest BCUT2D eigenvalue weighted by atomic mass is 9.71. The second kappa shape index (κ2) is 6.35. The quantitative estimate of drug-likeness (QED) is 0.887. The molecule has 0 aromatic heterocycles. The van der Waals surface area contributed by atoms with Crippen molar-refractivity contribution >= 4 is 11.6 Å². The molecule has 1 amide bonds. The number of anilines is 1. The van der Waals surface area contributed by atoms with Gasteiger partial charge in [-0.3, -0.25) is 4.79 Å². The minimum absolute atomic E-state index is 0.0946. The van der Waals surface area contributed by atoms with Crippen molar-refractivity contribution in [1.82, 2.24) is 0 Å². The van der Waals surface area contributed by atoms with Gasteiger partial charge in [0.15, 0.2) is 0 Å². The smallest absolute Gasteiger partial charge is 0.225 e. The predicted octanol–water partition coefficient (Wildman–Crippen LogP) is 3.37. The number of nitrogens with two attached hydrogens (primary N) is 1. The molecule has 0 aliphatic heterocycles. The predicted molar refractivity (Wildman–Crippen MR) is 79.0 cm³/mol. The van der Waals surface area contributed by atoms with Crippen LogP contribution in [-0.2, 0) is 4.79 Å². The van der Waals surface area contributed by atoms with E-state index in [-0.39, 0.29) is 17.0 Å². The topological polar surface area (TPSA) is 55.1 Å². The van der Waals surface area contributed by atoms with Gasteiger partial charge in [-0.05, 0) is 49.4 Å². The molecule has 1 fully saturated rings. The van der Waals surface area contributed by atoms with E-state index >= 15 is 0 Å². The largest absolute Gasteiger partial charge is 0.330 e. The van der Waals surface area contributed by atoms with Crippen LogP contribution in [0.15, 0.2) is 18.2 Å². The molecular weight excluding hydrogens is 255 g/mol. The molecule has 1 aromatic carbocycles. The minimum Gasteiger partial charge on any atom is -0.330 e. The summed E-state index contributed by atoms with van der Waals surface area (Å²) in [6.45, 7) is 2.40. The first-order chi connectivity index (χ1) is 9.54. The summed E-state index contributed by atoms with van der Waals surface area (Å²) in [5.41, 5.74) is 6.97. The SMILES string of the molecule is Cc1ccc(F)c(NC(=O)CC2(CN)CCCCC2)c1. The maximum absolute atomic E-state index is 13.6. The number of aryl methyl sites for hydroxylation is 1. The van der Waals surface area contributed by atoms with E-state index in [1.807, 2.05) is 6.92 Å². The third kappa shape index (κ3) is 3.57. The van der Waals surface area contributed by atoms with E-state index in [1.165, 1.54) is 12.5 Å². The first-order valence-corrected chi connectivity index (χ1v) is 7.31. The molecule has 0 bridgehead atoms. The molecule has 1 aliphatic carbocycles. The molecule has 0 unspecified atom stereocenters. The fourth-order valence-corrected chi connectivity index (χ4v) is 3.02. The van der Waals surface area contributed by atoms with Gasteiger partial charge in [-0.1, -0.05) is 25.3 Å². The maximum Gasteiger partial charge on any atom is 0.225 e. The minimum atomic E-state index is -0.394. The molecule has 20 heavy (non-hydrogen) atoms. The van der Waals surface area contributed by atoms with Gasteiger partial charge in [0.2, 0.25) is 5.91 Å². The first-order valence-electron chi connectivity index (χ1n) is 7.31. The molecule has 0 radical (unpaired) electrons. The average molecular weight is 278 g/mol. The molecule has 4 heteroatoms. The van der Waals surface area contributed by atoms with Crippen molar-refractivity contribution in [3.8, 4) is 0 Å². The fraction of sp³-hybridized carbons (Fsp3) is 0.562. The van der Waals surface area contributed by atoms with E-state index in [0.29, 0.717) is 13.0 Å². The van der Waals surface area contributed by atoms with E-state index in [9.17, 15) is 9.18 Å². The lowest BCUT2D eigenvalue weighted by Gasteiger charge is -2.35. The molecule has 0 spiro atoms. The summed E-state index contributed by atoms with van der Waals surface area (Å²) in [6.07, 6.45) is 5.85. The van der Waals surface area contributed by atoms with Crippen molar-refractivity contribution in [3.63, 3.8) is 0 Å². The van der Waals surface area contributed by atoms with Crippen LogP contribution in [0.2, 0.25) is 0 Å². The highest BCUT2D eigenvalue weighted by atomic mass is 19.1. The van der Waals surface area contributed by atoms with Crippen molar-refractivity contribution in [2.24, 2.45) is 11.1 Å². The van der Waals surface area contributed by atoms with E-state index in [4.69, 9.17) is 5.73 Å². The Morgan fingerprint density at radius 1 is 1.35 bits per heavy atom. The fourth-order valence-electron chi connectivity index (χ4n) is 3.02. The Morgan fingerprint density at radius 2 is 2.05 bits per heavy atom. The second-order valence-corrected chi connectivity index (χ2v) is 5.97. The maximum atomic E-state index is 13.6. The average Bonchev–Trinajstić information content (AvgIpc) is 2.44. The number of carbonyl (C=O) groups excluding carboxylic acids is 1. The van der Waals surface area contributed by atoms with E-state index in [1.54, 1.807) is 12.1 Å². The summed E-state index contributed by atoms with van der Waals surface area (Å²) in [5.74, 6) is -0.531. The van der Waals surface area contributed by atoms with E-state index in [0.717, 1.165) is 31.2 Å². The van der Waals surface area contributed by atoms with E-state index in [2.05, 4.69) is 5.32 Å². The van der Waals surface area contributed by atoms with Crippen LogP contribution in [0.1, 0.15) is 44.1 Å². The van der Waals surface area contributed by atoms with Crippen molar-refractivity contribution in [2.75, 3.05) is 11.9 Å². The lowest BCUT2D eigenvalue weighted by Crippen LogP contribution is -2.36. The van der Waals surface area contributed by atoms with Crippen LogP contribution in [0.4, 0.5) is 10.1 Å². The number of halogens is 1. The Morgan fingerprint density at radius 3 is 2.70 bits per heavy atom. The standard InChI is InChI=1S/C16H23FN2O/c1-12-5-6-13(17)14(9-12)19-15(20)10-16(11-18)7-3-2-4-8-16/h5-6,9H,2-4,7-8,10-11,18H2,1H3,(H,19,20). The molecule has 1 aliphatic rings. The summed E-state index contributed by atoms with van der Waals surface area (Å²) >= 11 is 0. The highest BCUT2D eigenvalue weighted by molar-refractivity contribution is 5.91. The Kier molecular flexibility index (Phi) is 4.76. The van der Waals surface area contributed by atoms with Crippen LogP contribution in [0.5, 0.6) is 0 Å². The number of carbonyl (C=O) groups is 1. The third-order valence-electron chi connectivity index (χ3n) is 4.28. The Balaban J connectivity index is 2.02. The van der Waals surface area contributed by atoms with Gasteiger partial charge in [0.1, 0.15) is 5.82 Å². The molecule has 0 saturated heterocycles. The number of nitrogens with one attached hydrogen (secondary N) is 1. The van der Waals surface area contributed by atoms with Crippen LogP contribution in [-0.4, -0.2) is 12.5 Å². The molecule has 0 atom stereocenters. The zero-order valence-electron chi connectivity index (χ0n) is 12.0. The highest BCUT2D eigenvalue weighted by Crippen LogP contribution is 2.38. The van der Waals surface area contributed by atoms with Gasteiger partial charge in [-0.2, -0.15) is 0 Å². The molecule has 3 nitrogen and oxygen atoms in total. The normalized spacial score (nSPS) is 17.8. The van der Waals surface area contributed by atoms with Gasteiger partial charge in [-0.25, -0.2) is 4.39 Å². The second-order valence-electron chi connectivity index (χ2n) is 5.97. The Hall–Kier alpha value is -1.42. The van der Waals surface area contributed by atoms with Crippen LogP contribution in [0.25, 0.3) is 0 Å². The monoisotopic (exact) mass is 278 g/mol. The number of amides is 1. The zero-order chi connectivity index (χ0) is 14.6. The molecule has 2 rings (SSSR count). The molecule has 1 saturated carbocycles. The van der Waals surface area contributed by atoms with Crippen molar-refractivity contribution in [2.45, 2.75) is 45.4 Å². The third-order valence-corrected chi connectivity index (χ3v) is 4.28. The number of benzene rings is 1. The molecule has 3 N–H and O–H groups in total. The Bertz CT molecular complexity index is 481. The zero-order valence-corrected chi connectivity index (χ0v) is 12.0. The summed E-state index contributed by atoms with van der Waals surface area (Å²) < 4.78 is 13.6. The summed E-state index contributed by atoms with van der Waals surface area (Å²) in [5, 5.41) is 2.69. The molecule has 1 aromatic rings.